The van der Waals surface area contributed by atoms with Gasteiger partial charge in [0.25, 0.3) is 5.91 Å². The summed E-state index contributed by atoms with van der Waals surface area (Å²) in [6.07, 6.45) is 3.62. The SMILES string of the molecule is O=C1/C(=C/c2ccccc2)SC(=S)N1CCNc1ccnc2cc(Cl)ccc12. The van der Waals surface area contributed by atoms with Gasteiger partial charge in [0, 0.05) is 35.4 Å². The minimum absolute atomic E-state index is 0.0491. The number of aromatic nitrogens is 1. The van der Waals surface area contributed by atoms with E-state index in [1.54, 1.807) is 11.1 Å². The topological polar surface area (TPSA) is 45.2 Å². The van der Waals surface area contributed by atoms with E-state index in [4.69, 9.17) is 23.8 Å². The summed E-state index contributed by atoms with van der Waals surface area (Å²) < 4.78 is 0.584. The maximum atomic E-state index is 12.7. The maximum absolute atomic E-state index is 12.7. The van der Waals surface area contributed by atoms with E-state index in [0.29, 0.717) is 27.3 Å². The van der Waals surface area contributed by atoms with Gasteiger partial charge in [-0.05, 0) is 35.9 Å². The third kappa shape index (κ3) is 4.04. The molecule has 0 radical (unpaired) electrons. The van der Waals surface area contributed by atoms with Crippen molar-refractivity contribution in [2.75, 3.05) is 18.4 Å². The first kappa shape index (κ1) is 18.9. The number of pyridine rings is 1. The number of anilines is 1. The number of thioether (sulfide) groups is 1. The molecule has 1 N–H and O–H groups in total. The van der Waals surface area contributed by atoms with Crippen molar-refractivity contribution in [3.8, 4) is 0 Å². The highest BCUT2D eigenvalue weighted by Crippen LogP contribution is 2.32. The molecule has 2 aromatic carbocycles. The lowest BCUT2D eigenvalue weighted by Crippen LogP contribution is -2.32. The Kier molecular flexibility index (Phi) is 5.62. The van der Waals surface area contributed by atoms with Crippen LogP contribution in [0.5, 0.6) is 0 Å². The summed E-state index contributed by atoms with van der Waals surface area (Å²) in [5.74, 6) is -0.0491. The molecule has 4 nitrogen and oxygen atoms in total. The quantitative estimate of drug-likeness (QED) is 0.449. The molecule has 28 heavy (non-hydrogen) atoms. The molecule has 2 heterocycles. The van der Waals surface area contributed by atoms with Crippen LogP contribution in [0.15, 0.2) is 65.7 Å². The van der Waals surface area contributed by atoms with Gasteiger partial charge in [-0.15, -0.1) is 0 Å². The van der Waals surface area contributed by atoms with Gasteiger partial charge in [-0.2, -0.15) is 0 Å². The molecule has 1 aliphatic heterocycles. The van der Waals surface area contributed by atoms with E-state index in [1.807, 2.05) is 60.7 Å². The van der Waals surface area contributed by atoms with E-state index in [1.165, 1.54) is 11.8 Å². The molecule has 1 fully saturated rings. The first-order valence-electron chi connectivity index (χ1n) is 8.70. The van der Waals surface area contributed by atoms with Crippen molar-refractivity contribution >= 4 is 68.5 Å². The first-order chi connectivity index (χ1) is 13.6. The second kappa shape index (κ2) is 8.31. The number of thiocarbonyl (C=S) groups is 1. The zero-order valence-corrected chi connectivity index (χ0v) is 17.2. The predicted octanol–water partition coefficient (Wildman–Crippen LogP) is 5.20. The van der Waals surface area contributed by atoms with Crippen LogP contribution in [0.2, 0.25) is 5.02 Å². The predicted molar refractivity (Wildman–Crippen MR) is 122 cm³/mol. The van der Waals surface area contributed by atoms with Crippen molar-refractivity contribution in [1.29, 1.82) is 0 Å². The molecule has 0 spiro atoms. The summed E-state index contributed by atoms with van der Waals surface area (Å²) in [5, 5.41) is 5.01. The molecule has 4 rings (SSSR count). The number of nitrogens with one attached hydrogen (secondary N) is 1. The first-order valence-corrected chi connectivity index (χ1v) is 10.3. The van der Waals surface area contributed by atoms with Crippen LogP contribution in [0.25, 0.3) is 17.0 Å². The van der Waals surface area contributed by atoms with Crippen LogP contribution in [0.1, 0.15) is 5.56 Å². The number of nitrogens with zero attached hydrogens (tertiary/aromatic N) is 2. The number of hydrogen-bond donors (Lipinski definition) is 1. The summed E-state index contributed by atoms with van der Waals surface area (Å²) >= 11 is 12.8. The molecule has 1 saturated heterocycles. The van der Waals surface area contributed by atoms with Crippen LogP contribution >= 0.6 is 35.6 Å². The largest absolute Gasteiger partial charge is 0.383 e. The molecule has 1 amide bonds. The van der Waals surface area contributed by atoms with Crippen molar-refractivity contribution in [3.63, 3.8) is 0 Å². The second-order valence-electron chi connectivity index (χ2n) is 6.19. The average Bonchev–Trinajstić information content (AvgIpc) is 2.96. The van der Waals surface area contributed by atoms with Crippen molar-refractivity contribution in [1.82, 2.24) is 9.88 Å². The zero-order chi connectivity index (χ0) is 19.5. The lowest BCUT2D eigenvalue weighted by molar-refractivity contribution is -0.122. The van der Waals surface area contributed by atoms with E-state index in [0.717, 1.165) is 22.2 Å². The summed E-state index contributed by atoms with van der Waals surface area (Å²) in [4.78, 5) is 19.3. The number of hydrogen-bond acceptors (Lipinski definition) is 5. The number of carbonyl (C=O) groups excluding carboxylic acids is 1. The fraction of sp³-hybridized carbons (Fsp3) is 0.0952. The van der Waals surface area contributed by atoms with Gasteiger partial charge in [0.1, 0.15) is 4.32 Å². The Labute approximate surface area is 177 Å². The summed E-state index contributed by atoms with van der Waals surface area (Å²) in [6, 6.07) is 17.3. The fourth-order valence-corrected chi connectivity index (χ4v) is 4.45. The number of rotatable bonds is 5. The highest BCUT2D eigenvalue weighted by molar-refractivity contribution is 8.26. The summed E-state index contributed by atoms with van der Waals surface area (Å²) in [6.45, 7) is 1.07. The van der Waals surface area contributed by atoms with Gasteiger partial charge in [-0.25, -0.2) is 0 Å². The lowest BCUT2D eigenvalue weighted by atomic mass is 10.2. The van der Waals surface area contributed by atoms with E-state index in [9.17, 15) is 4.79 Å². The van der Waals surface area contributed by atoms with Crippen LogP contribution in [-0.2, 0) is 4.79 Å². The minimum Gasteiger partial charge on any atom is -0.383 e. The van der Waals surface area contributed by atoms with Crippen molar-refractivity contribution in [3.05, 3.63) is 76.3 Å². The molecule has 0 unspecified atom stereocenters. The monoisotopic (exact) mass is 425 g/mol. The second-order valence-corrected chi connectivity index (χ2v) is 8.30. The Morgan fingerprint density at radius 3 is 2.82 bits per heavy atom. The highest BCUT2D eigenvalue weighted by atomic mass is 35.5. The van der Waals surface area contributed by atoms with Gasteiger partial charge in [0.15, 0.2) is 0 Å². The molecule has 0 aliphatic carbocycles. The van der Waals surface area contributed by atoms with Crippen LogP contribution < -0.4 is 5.32 Å². The number of fused-ring (bicyclic) bond motifs is 1. The normalized spacial score (nSPS) is 15.6. The molecule has 0 bridgehead atoms. The Hall–Kier alpha value is -2.41. The number of carbonyl (C=O) groups is 1. The zero-order valence-electron chi connectivity index (χ0n) is 14.8. The van der Waals surface area contributed by atoms with Gasteiger partial charge in [0.05, 0.1) is 10.4 Å². The molecule has 7 heteroatoms. The summed E-state index contributed by atoms with van der Waals surface area (Å²) in [5.41, 5.74) is 2.77. The average molecular weight is 426 g/mol. The fourth-order valence-electron chi connectivity index (χ4n) is 2.97. The van der Waals surface area contributed by atoms with E-state index in [2.05, 4.69) is 10.3 Å². The summed E-state index contributed by atoms with van der Waals surface area (Å²) in [7, 11) is 0. The van der Waals surface area contributed by atoms with Crippen molar-refractivity contribution < 1.29 is 4.79 Å². The molecule has 140 valence electrons. The van der Waals surface area contributed by atoms with Crippen LogP contribution in [0.3, 0.4) is 0 Å². The molecule has 1 aliphatic rings. The van der Waals surface area contributed by atoms with E-state index >= 15 is 0 Å². The van der Waals surface area contributed by atoms with Crippen LogP contribution in [0, 0.1) is 0 Å². The van der Waals surface area contributed by atoms with Crippen LogP contribution in [-0.4, -0.2) is 33.2 Å². The molecule has 0 atom stereocenters. The molecule has 1 aromatic heterocycles. The van der Waals surface area contributed by atoms with Gasteiger partial charge in [-0.1, -0.05) is 65.9 Å². The number of halogens is 1. The number of amides is 1. The van der Waals surface area contributed by atoms with Gasteiger partial charge in [0.2, 0.25) is 0 Å². The van der Waals surface area contributed by atoms with Gasteiger partial charge >= 0.3 is 0 Å². The van der Waals surface area contributed by atoms with Crippen LogP contribution in [0.4, 0.5) is 5.69 Å². The maximum Gasteiger partial charge on any atom is 0.266 e. The van der Waals surface area contributed by atoms with E-state index < -0.39 is 0 Å². The Bertz CT molecular complexity index is 1090. The third-order valence-electron chi connectivity index (χ3n) is 4.33. The van der Waals surface area contributed by atoms with E-state index in [-0.39, 0.29) is 5.91 Å². The molecular weight excluding hydrogens is 410 g/mol. The Morgan fingerprint density at radius 2 is 2.00 bits per heavy atom. The van der Waals surface area contributed by atoms with Crippen molar-refractivity contribution in [2.45, 2.75) is 0 Å². The van der Waals surface area contributed by atoms with Gasteiger partial charge < -0.3 is 5.32 Å². The van der Waals surface area contributed by atoms with Crippen molar-refractivity contribution in [2.24, 2.45) is 0 Å². The Morgan fingerprint density at radius 1 is 1.18 bits per heavy atom. The number of benzene rings is 2. The molecule has 0 saturated carbocycles. The third-order valence-corrected chi connectivity index (χ3v) is 5.94. The standard InChI is InChI=1S/C21H16ClN3OS2/c22-15-6-7-16-17(8-9-23-18(16)13-15)24-10-11-25-20(26)19(28-21(25)27)12-14-4-2-1-3-5-14/h1-9,12-13H,10-11H2,(H,23,24)/b19-12-. The van der Waals surface area contributed by atoms with Gasteiger partial charge in [-0.3, -0.25) is 14.7 Å². The lowest BCUT2D eigenvalue weighted by Gasteiger charge is -2.16. The molecular formula is C21H16ClN3OS2. The highest BCUT2D eigenvalue weighted by Gasteiger charge is 2.31. The molecule has 3 aromatic rings. The minimum atomic E-state index is -0.0491. The smallest absolute Gasteiger partial charge is 0.266 e. The Balaban J connectivity index is 1.44.